The average molecular weight is 242 g/mol. The summed E-state index contributed by atoms with van der Waals surface area (Å²) in [6, 6.07) is 7.87. The first-order chi connectivity index (χ1) is 8.74. The number of aryl methyl sites for hydroxylation is 1. The molecular weight excluding hydrogens is 228 g/mol. The third-order valence-electron chi connectivity index (χ3n) is 3.24. The van der Waals surface area contributed by atoms with E-state index in [-0.39, 0.29) is 11.7 Å². The van der Waals surface area contributed by atoms with Crippen molar-refractivity contribution in [1.29, 1.82) is 0 Å². The molecule has 2 aromatic rings. The summed E-state index contributed by atoms with van der Waals surface area (Å²) in [5.41, 5.74) is 1.76. The minimum absolute atomic E-state index is 0.107. The Bertz CT molecular complexity index is 589. The van der Waals surface area contributed by atoms with Crippen molar-refractivity contribution in [3.05, 3.63) is 47.8 Å². The first-order valence-electron chi connectivity index (χ1n) is 5.97. The molecule has 0 amide bonds. The van der Waals surface area contributed by atoms with Gasteiger partial charge in [0.05, 0.1) is 24.3 Å². The average Bonchev–Trinajstić information content (AvgIpc) is 2.84. The Morgan fingerprint density at radius 2 is 2.28 bits per heavy atom. The second kappa shape index (κ2) is 4.29. The van der Waals surface area contributed by atoms with Crippen LogP contribution in [0.4, 0.5) is 0 Å². The van der Waals surface area contributed by atoms with Crippen LogP contribution in [0.3, 0.4) is 0 Å². The lowest BCUT2D eigenvalue weighted by Crippen LogP contribution is -2.28. The topological polar surface area (TPSA) is 44.1 Å². The standard InChI is InChI=1S/C14H14N2O2/c1-16-8-12(7-15-16)14(17)11-6-10-4-2-3-5-13(10)18-9-11/h2-5,7-8,11H,6,9H2,1H3. The van der Waals surface area contributed by atoms with E-state index in [0.717, 1.165) is 17.7 Å². The van der Waals surface area contributed by atoms with Gasteiger partial charge in [-0.2, -0.15) is 5.10 Å². The number of benzene rings is 1. The Kier molecular flexibility index (Phi) is 2.63. The lowest BCUT2D eigenvalue weighted by atomic mass is 9.91. The molecule has 2 heterocycles. The maximum Gasteiger partial charge on any atom is 0.172 e. The van der Waals surface area contributed by atoms with Crippen molar-refractivity contribution < 1.29 is 9.53 Å². The predicted octanol–water partition coefficient (Wildman–Crippen LogP) is 1.85. The molecule has 4 heteroatoms. The van der Waals surface area contributed by atoms with Crippen LogP contribution in [0.25, 0.3) is 0 Å². The highest BCUT2D eigenvalue weighted by atomic mass is 16.5. The van der Waals surface area contributed by atoms with Crippen molar-refractivity contribution in [2.24, 2.45) is 13.0 Å². The maximum atomic E-state index is 12.3. The Labute approximate surface area is 105 Å². The number of ketones is 1. The van der Waals surface area contributed by atoms with Gasteiger partial charge in [-0.3, -0.25) is 9.48 Å². The van der Waals surface area contributed by atoms with Crippen LogP contribution in [0.5, 0.6) is 5.75 Å². The summed E-state index contributed by atoms with van der Waals surface area (Å²) in [7, 11) is 1.81. The van der Waals surface area contributed by atoms with Crippen LogP contribution in [-0.2, 0) is 13.5 Å². The Hall–Kier alpha value is -2.10. The molecular formula is C14H14N2O2. The molecule has 1 aromatic carbocycles. The van der Waals surface area contributed by atoms with Crippen molar-refractivity contribution in [3.8, 4) is 5.75 Å². The van der Waals surface area contributed by atoms with Crippen LogP contribution in [0.15, 0.2) is 36.7 Å². The number of carbonyl (C=O) groups excluding carboxylic acids is 1. The highest BCUT2D eigenvalue weighted by Gasteiger charge is 2.27. The van der Waals surface area contributed by atoms with Crippen molar-refractivity contribution in [3.63, 3.8) is 0 Å². The van der Waals surface area contributed by atoms with Gasteiger partial charge in [0.15, 0.2) is 5.78 Å². The molecule has 1 aromatic heterocycles. The number of hydrogen-bond donors (Lipinski definition) is 0. The summed E-state index contributed by atoms with van der Waals surface area (Å²) in [6.07, 6.45) is 4.11. The van der Waals surface area contributed by atoms with Gasteiger partial charge in [-0.25, -0.2) is 0 Å². The monoisotopic (exact) mass is 242 g/mol. The van der Waals surface area contributed by atoms with Gasteiger partial charge in [0.2, 0.25) is 0 Å². The predicted molar refractivity (Wildman–Crippen MR) is 66.7 cm³/mol. The lowest BCUT2D eigenvalue weighted by molar-refractivity contribution is 0.0855. The summed E-state index contributed by atoms with van der Waals surface area (Å²) in [6.45, 7) is 0.449. The highest BCUT2D eigenvalue weighted by Crippen LogP contribution is 2.28. The number of nitrogens with zero attached hydrogens (tertiary/aromatic N) is 2. The van der Waals surface area contributed by atoms with Crippen LogP contribution in [0.1, 0.15) is 15.9 Å². The fraction of sp³-hybridized carbons (Fsp3) is 0.286. The molecule has 92 valence electrons. The molecule has 0 bridgehead atoms. The number of rotatable bonds is 2. The quantitative estimate of drug-likeness (QED) is 0.755. The molecule has 3 rings (SSSR count). The molecule has 0 fully saturated rings. The van der Waals surface area contributed by atoms with E-state index in [1.807, 2.05) is 31.3 Å². The van der Waals surface area contributed by atoms with Crippen LogP contribution >= 0.6 is 0 Å². The number of hydrogen-bond acceptors (Lipinski definition) is 3. The van der Waals surface area contributed by atoms with Gasteiger partial charge in [-0.1, -0.05) is 18.2 Å². The largest absolute Gasteiger partial charge is 0.493 e. The summed E-state index contributed by atoms with van der Waals surface area (Å²) < 4.78 is 7.28. The molecule has 0 aliphatic carbocycles. The van der Waals surface area contributed by atoms with Crippen LogP contribution in [0, 0.1) is 5.92 Å². The third-order valence-corrected chi connectivity index (χ3v) is 3.24. The van der Waals surface area contributed by atoms with Gasteiger partial charge in [-0.15, -0.1) is 0 Å². The normalized spacial score (nSPS) is 17.9. The van der Waals surface area contributed by atoms with E-state index in [1.54, 1.807) is 17.1 Å². The molecule has 1 unspecified atom stereocenters. The second-order valence-corrected chi connectivity index (χ2v) is 4.59. The first-order valence-corrected chi connectivity index (χ1v) is 5.97. The molecule has 1 atom stereocenters. The first kappa shape index (κ1) is 11.0. The number of carbonyl (C=O) groups is 1. The molecule has 0 saturated heterocycles. The van der Waals surface area contributed by atoms with Gasteiger partial charge < -0.3 is 4.74 Å². The van der Waals surface area contributed by atoms with Crippen molar-refractivity contribution in [2.45, 2.75) is 6.42 Å². The number of fused-ring (bicyclic) bond motifs is 1. The second-order valence-electron chi connectivity index (χ2n) is 4.59. The van der Waals surface area contributed by atoms with E-state index >= 15 is 0 Å². The van der Waals surface area contributed by atoms with E-state index in [4.69, 9.17) is 4.74 Å². The van der Waals surface area contributed by atoms with Gasteiger partial charge in [-0.05, 0) is 18.1 Å². The third kappa shape index (κ3) is 1.90. The van der Waals surface area contributed by atoms with Gasteiger partial charge in [0.1, 0.15) is 5.75 Å². The van der Waals surface area contributed by atoms with E-state index in [1.165, 1.54) is 0 Å². The van der Waals surface area contributed by atoms with Crippen LogP contribution < -0.4 is 4.74 Å². The SMILES string of the molecule is Cn1cc(C(=O)C2COc3ccccc3C2)cn1. The van der Waals surface area contributed by atoms with E-state index < -0.39 is 0 Å². The Morgan fingerprint density at radius 1 is 1.44 bits per heavy atom. The zero-order valence-electron chi connectivity index (χ0n) is 10.2. The molecule has 0 radical (unpaired) electrons. The number of para-hydroxylation sites is 1. The zero-order valence-corrected chi connectivity index (χ0v) is 10.2. The fourth-order valence-corrected chi connectivity index (χ4v) is 2.28. The summed E-state index contributed by atoms with van der Waals surface area (Å²) in [4.78, 5) is 12.3. The number of aromatic nitrogens is 2. The minimum atomic E-state index is -0.107. The van der Waals surface area contributed by atoms with Gasteiger partial charge >= 0.3 is 0 Å². The fourth-order valence-electron chi connectivity index (χ4n) is 2.28. The zero-order chi connectivity index (χ0) is 12.5. The summed E-state index contributed by atoms with van der Waals surface area (Å²) in [5, 5.41) is 4.03. The minimum Gasteiger partial charge on any atom is -0.493 e. The lowest BCUT2D eigenvalue weighted by Gasteiger charge is -2.23. The van der Waals surface area contributed by atoms with Crippen molar-refractivity contribution >= 4 is 5.78 Å². The molecule has 0 N–H and O–H groups in total. The maximum absolute atomic E-state index is 12.3. The Morgan fingerprint density at radius 3 is 3.06 bits per heavy atom. The number of ether oxygens (including phenoxy) is 1. The van der Waals surface area contributed by atoms with Crippen molar-refractivity contribution in [2.75, 3.05) is 6.61 Å². The van der Waals surface area contributed by atoms with Crippen molar-refractivity contribution in [1.82, 2.24) is 9.78 Å². The van der Waals surface area contributed by atoms with E-state index in [9.17, 15) is 4.79 Å². The van der Waals surface area contributed by atoms with Gasteiger partial charge in [0.25, 0.3) is 0 Å². The molecule has 1 aliphatic rings. The molecule has 0 spiro atoms. The highest BCUT2D eigenvalue weighted by molar-refractivity contribution is 5.97. The van der Waals surface area contributed by atoms with Gasteiger partial charge in [0, 0.05) is 13.2 Å². The van der Waals surface area contributed by atoms with E-state index in [2.05, 4.69) is 5.10 Å². The molecule has 1 aliphatic heterocycles. The van der Waals surface area contributed by atoms with Crippen LogP contribution in [0.2, 0.25) is 0 Å². The van der Waals surface area contributed by atoms with E-state index in [0.29, 0.717) is 12.2 Å². The van der Waals surface area contributed by atoms with Crippen LogP contribution in [-0.4, -0.2) is 22.2 Å². The smallest absolute Gasteiger partial charge is 0.172 e. The Balaban J connectivity index is 1.82. The molecule has 4 nitrogen and oxygen atoms in total. The molecule has 0 saturated carbocycles. The summed E-state index contributed by atoms with van der Waals surface area (Å²) in [5.74, 6) is 0.898. The number of Topliss-reactive ketones (excluding diaryl/α,β-unsaturated/α-hetero) is 1. The summed E-state index contributed by atoms with van der Waals surface area (Å²) >= 11 is 0. The molecule has 18 heavy (non-hydrogen) atoms.